The van der Waals surface area contributed by atoms with Crippen LogP contribution in [-0.2, 0) is 4.74 Å². The van der Waals surface area contributed by atoms with Crippen LogP contribution in [0.25, 0.3) is 10.8 Å². The minimum Gasteiger partial charge on any atom is -0.507 e. The van der Waals surface area contributed by atoms with Gasteiger partial charge in [-0.3, -0.25) is 0 Å². The molecular weight excluding hydrogens is 278 g/mol. The molecule has 0 radical (unpaired) electrons. The molecule has 2 aromatic rings. The SMILES string of the molecule is COC(=O)c1cccc2c3c(cc(O)c12)NC[C@H]3CCl. The molecule has 0 saturated heterocycles. The Morgan fingerprint density at radius 2 is 2.35 bits per heavy atom. The van der Waals surface area contributed by atoms with Crippen molar-refractivity contribution < 1.29 is 14.6 Å². The molecule has 20 heavy (non-hydrogen) atoms. The maximum absolute atomic E-state index is 11.9. The summed E-state index contributed by atoms with van der Waals surface area (Å²) >= 11 is 6.01. The summed E-state index contributed by atoms with van der Waals surface area (Å²) in [6, 6.07) is 6.99. The summed E-state index contributed by atoms with van der Waals surface area (Å²) in [5.41, 5.74) is 2.30. The van der Waals surface area contributed by atoms with E-state index in [1.807, 2.05) is 6.07 Å². The fourth-order valence-corrected chi connectivity index (χ4v) is 3.08. The molecule has 2 aromatic carbocycles. The van der Waals surface area contributed by atoms with Crippen LogP contribution in [0.1, 0.15) is 21.8 Å². The number of fused-ring (bicyclic) bond motifs is 3. The third-order valence-corrected chi connectivity index (χ3v) is 4.09. The first-order chi connectivity index (χ1) is 9.67. The number of anilines is 1. The van der Waals surface area contributed by atoms with E-state index >= 15 is 0 Å². The van der Waals surface area contributed by atoms with Crippen LogP contribution in [0.3, 0.4) is 0 Å². The first kappa shape index (κ1) is 13.1. The van der Waals surface area contributed by atoms with E-state index in [-0.39, 0.29) is 11.7 Å². The van der Waals surface area contributed by atoms with Crippen molar-refractivity contribution in [1.29, 1.82) is 0 Å². The summed E-state index contributed by atoms with van der Waals surface area (Å²) in [5, 5.41) is 14.8. The zero-order chi connectivity index (χ0) is 14.3. The number of rotatable bonds is 2. The second-order valence-electron chi connectivity index (χ2n) is 4.81. The highest BCUT2D eigenvalue weighted by molar-refractivity contribution is 6.19. The van der Waals surface area contributed by atoms with Crippen LogP contribution in [-0.4, -0.2) is 30.6 Å². The van der Waals surface area contributed by atoms with Crippen molar-refractivity contribution in [1.82, 2.24) is 0 Å². The van der Waals surface area contributed by atoms with Crippen molar-refractivity contribution in [2.75, 3.05) is 24.9 Å². The Morgan fingerprint density at radius 3 is 3.05 bits per heavy atom. The van der Waals surface area contributed by atoms with Crippen LogP contribution in [0.5, 0.6) is 5.75 Å². The molecule has 0 bridgehead atoms. The summed E-state index contributed by atoms with van der Waals surface area (Å²) in [6.45, 7) is 0.736. The van der Waals surface area contributed by atoms with E-state index < -0.39 is 5.97 Å². The van der Waals surface area contributed by atoms with E-state index in [1.54, 1.807) is 18.2 Å². The molecule has 2 N–H and O–H groups in total. The van der Waals surface area contributed by atoms with E-state index in [0.717, 1.165) is 23.2 Å². The van der Waals surface area contributed by atoms with Gasteiger partial charge in [-0.1, -0.05) is 12.1 Å². The second kappa shape index (κ2) is 4.87. The topological polar surface area (TPSA) is 58.6 Å². The molecule has 1 aliphatic heterocycles. The number of phenolic OH excluding ortho intramolecular Hbond substituents is 1. The van der Waals surface area contributed by atoms with Crippen molar-refractivity contribution >= 4 is 34.0 Å². The van der Waals surface area contributed by atoms with Gasteiger partial charge in [0.05, 0.1) is 12.7 Å². The van der Waals surface area contributed by atoms with Crippen LogP contribution in [0, 0.1) is 0 Å². The van der Waals surface area contributed by atoms with Gasteiger partial charge in [0.2, 0.25) is 0 Å². The van der Waals surface area contributed by atoms with E-state index in [2.05, 4.69) is 5.32 Å². The van der Waals surface area contributed by atoms with Gasteiger partial charge >= 0.3 is 5.97 Å². The van der Waals surface area contributed by atoms with Gasteiger partial charge in [-0.05, 0) is 17.0 Å². The average molecular weight is 292 g/mol. The fourth-order valence-electron chi connectivity index (χ4n) is 2.82. The number of halogens is 1. The Hall–Kier alpha value is -1.94. The number of methoxy groups -OCH3 is 1. The van der Waals surface area contributed by atoms with E-state index in [9.17, 15) is 9.90 Å². The second-order valence-corrected chi connectivity index (χ2v) is 5.12. The number of nitrogens with one attached hydrogen (secondary N) is 1. The largest absolute Gasteiger partial charge is 0.507 e. The summed E-state index contributed by atoms with van der Waals surface area (Å²) in [5.74, 6) is 0.270. The number of carbonyl (C=O) groups excluding carboxylic acids is 1. The molecule has 104 valence electrons. The van der Waals surface area contributed by atoms with Gasteiger partial charge in [0.15, 0.2) is 0 Å². The number of alkyl halides is 1. The number of carbonyl (C=O) groups is 1. The molecule has 0 aliphatic carbocycles. The minimum atomic E-state index is -0.459. The Bertz CT molecular complexity index is 699. The number of benzene rings is 2. The van der Waals surface area contributed by atoms with Gasteiger partial charge in [0, 0.05) is 35.5 Å². The Balaban J connectivity index is 2.36. The lowest BCUT2D eigenvalue weighted by Crippen LogP contribution is -2.04. The Kier molecular flexibility index (Phi) is 3.18. The maximum Gasteiger partial charge on any atom is 0.338 e. The minimum absolute atomic E-state index is 0.0717. The predicted molar refractivity (Wildman–Crippen MR) is 78.9 cm³/mol. The molecule has 0 unspecified atom stereocenters. The van der Waals surface area contributed by atoms with Crippen LogP contribution < -0.4 is 5.32 Å². The summed E-state index contributed by atoms with van der Waals surface area (Å²) in [4.78, 5) is 11.9. The van der Waals surface area contributed by atoms with Crippen LogP contribution in [0.15, 0.2) is 24.3 Å². The van der Waals surface area contributed by atoms with Gasteiger partial charge in [-0.2, -0.15) is 0 Å². The third-order valence-electron chi connectivity index (χ3n) is 3.72. The van der Waals surface area contributed by atoms with Gasteiger partial charge in [-0.15, -0.1) is 11.6 Å². The van der Waals surface area contributed by atoms with Crippen LogP contribution in [0.4, 0.5) is 5.69 Å². The third kappa shape index (κ3) is 1.79. The number of ether oxygens (including phenoxy) is 1. The average Bonchev–Trinajstić information content (AvgIpc) is 2.88. The van der Waals surface area contributed by atoms with Gasteiger partial charge in [-0.25, -0.2) is 4.79 Å². The molecule has 4 nitrogen and oxygen atoms in total. The lowest BCUT2D eigenvalue weighted by molar-refractivity contribution is 0.0602. The number of aromatic hydroxyl groups is 1. The summed E-state index contributed by atoms with van der Waals surface area (Å²) in [6.07, 6.45) is 0. The summed E-state index contributed by atoms with van der Waals surface area (Å²) < 4.78 is 4.78. The van der Waals surface area contributed by atoms with E-state index in [1.165, 1.54) is 7.11 Å². The monoisotopic (exact) mass is 291 g/mol. The number of esters is 1. The predicted octanol–water partition coefficient (Wildman–Crippen LogP) is 3.08. The lowest BCUT2D eigenvalue weighted by atomic mass is 9.93. The molecule has 1 heterocycles. The van der Waals surface area contributed by atoms with Gasteiger partial charge in [0.1, 0.15) is 5.75 Å². The first-order valence-corrected chi connectivity index (χ1v) is 6.87. The highest BCUT2D eigenvalue weighted by Crippen LogP contribution is 2.43. The standard InChI is InChI=1S/C15H14ClNO3/c1-20-15(19)10-4-2-3-9-13-8(6-16)7-17-11(13)5-12(18)14(9)10/h2-5,8,17-18H,6-7H2,1H3/t8-/m1/s1. The highest BCUT2D eigenvalue weighted by atomic mass is 35.5. The van der Waals surface area contributed by atoms with Gasteiger partial charge in [0.25, 0.3) is 0 Å². The van der Waals surface area contributed by atoms with Crippen molar-refractivity contribution in [3.63, 3.8) is 0 Å². The fraction of sp³-hybridized carbons (Fsp3) is 0.267. The molecule has 0 saturated carbocycles. The van der Waals surface area contributed by atoms with Crippen LogP contribution >= 0.6 is 11.6 Å². The van der Waals surface area contributed by atoms with Crippen LogP contribution in [0.2, 0.25) is 0 Å². The Labute approximate surface area is 121 Å². The zero-order valence-corrected chi connectivity index (χ0v) is 11.7. The van der Waals surface area contributed by atoms with Crippen molar-refractivity contribution in [2.45, 2.75) is 5.92 Å². The van der Waals surface area contributed by atoms with Crippen molar-refractivity contribution in [2.24, 2.45) is 0 Å². The summed E-state index contributed by atoms with van der Waals surface area (Å²) in [7, 11) is 1.33. The maximum atomic E-state index is 11.9. The molecule has 3 rings (SSSR count). The lowest BCUT2D eigenvalue weighted by Gasteiger charge is -2.13. The number of hydrogen-bond donors (Lipinski definition) is 2. The quantitative estimate of drug-likeness (QED) is 0.659. The molecular formula is C15H14ClNO3. The van der Waals surface area contributed by atoms with Gasteiger partial charge < -0.3 is 15.2 Å². The van der Waals surface area contributed by atoms with E-state index in [0.29, 0.717) is 16.8 Å². The zero-order valence-electron chi connectivity index (χ0n) is 10.9. The number of phenols is 1. The molecule has 0 fully saturated rings. The van der Waals surface area contributed by atoms with Crippen molar-refractivity contribution in [3.05, 3.63) is 35.4 Å². The number of hydrogen-bond acceptors (Lipinski definition) is 4. The van der Waals surface area contributed by atoms with E-state index in [4.69, 9.17) is 16.3 Å². The molecule has 5 heteroatoms. The smallest absolute Gasteiger partial charge is 0.338 e. The molecule has 1 aliphatic rings. The first-order valence-electron chi connectivity index (χ1n) is 6.34. The normalized spacial score (nSPS) is 16.8. The molecule has 0 spiro atoms. The highest BCUT2D eigenvalue weighted by Gasteiger charge is 2.27. The molecule has 0 amide bonds. The molecule has 1 atom stereocenters. The molecule has 0 aromatic heterocycles. The Morgan fingerprint density at radius 1 is 1.55 bits per heavy atom. The van der Waals surface area contributed by atoms with Crippen molar-refractivity contribution in [3.8, 4) is 5.75 Å².